The Morgan fingerprint density at radius 1 is 1.54 bits per heavy atom. The molecule has 1 aliphatic heterocycles. The zero-order chi connectivity index (χ0) is 9.52. The van der Waals surface area contributed by atoms with Crippen LogP contribution in [-0.2, 0) is 4.74 Å². The molecule has 0 aromatic heterocycles. The fourth-order valence-corrected chi connectivity index (χ4v) is 1.85. The molecule has 1 rings (SSSR count). The van der Waals surface area contributed by atoms with Gasteiger partial charge < -0.3 is 15.4 Å². The van der Waals surface area contributed by atoms with Crippen molar-refractivity contribution in [2.45, 2.75) is 19.8 Å². The summed E-state index contributed by atoms with van der Waals surface area (Å²) in [5.41, 5.74) is 5.47. The molecule has 1 fully saturated rings. The fourth-order valence-electron chi connectivity index (χ4n) is 1.85. The fraction of sp³-hybridized carbons (Fsp3) is 1.00. The van der Waals surface area contributed by atoms with Crippen molar-refractivity contribution in [1.29, 1.82) is 0 Å². The van der Waals surface area contributed by atoms with Crippen LogP contribution in [0.3, 0.4) is 0 Å². The summed E-state index contributed by atoms with van der Waals surface area (Å²) in [7, 11) is 0. The van der Waals surface area contributed by atoms with Crippen molar-refractivity contribution in [1.82, 2.24) is 4.90 Å². The van der Waals surface area contributed by atoms with Gasteiger partial charge in [-0.15, -0.1) is 0 Å². The minimum absolute atomic E-state index is 0.762. The van der Waals surface area contributed by atoms with E-state index in [2.05, 4.69) is 11.8 Å². The third-order valence-corrected chi connectivity index (χ3v) is 2.61. The second-order valence-corrected chi connectivity index (χ2v) is 3.76. The van der Waals surface area contributed by atoms with Gasteiger partial charge in [0.05, 0.1) is 6.61 Å². The van der Waals surface area contributed by atoms with Gasteiger partial charge in [-0.2, -0.15) is 0 Å². The van der Waals surface area contributed by atoms with Crippen molar-refractivity contribution in [3.8, 4) is 0 Å². The quantitative estimate of drug-likeness (QED) is 0.663. The van der Waals surface area contributed by atoms with Gasteiger partial charge in [0.15, 0.2) is 0 Å². The molecule has 78 valence electrons. The predicted octanol–water partition coefficient (Wildman–Crippen LogP) is 0.694. The highest BCUT2D eigenvalue weighted by molar-refractivity contribution is 4.75. The number of hydrogen-bond donors (Lipinski definition) is 1. The highest BCUT2D eigenvalue weighted by atomic mass is 16.5. The molecule has 1 heterocycles. The maximum absolute atomic E-state index is 5.47. The van der Waals surface area contributed by atoms with E-state index in [0.29, 0.717) is 0 Å². The summed E-state index contributed by atoms with van der Waals surface area (Å²) in [6.07, 6.45) is 2.42. The smallest absolute Gasteiger partial charge is 0.0506 e. The van der Waals surface area contributed by atoms with Crippen molar-refractivity contribution in [3.05, 3.63) is 0 Å². The number of hydrogen-bond acceptors (Lipinski definition) is 3. The van der Waals surface area contributed by atoms with E-state index in [1.54, 1.807) is 0 Å². The lowest BCUT2D eigenvalue weighted by Gasteiger charge is -2.14. The second-order valence-electron chi connectivity index (χ2n) is 3.76. The van der Waals surface area contributed by atoms with Crippen LogP contribution >= 0.6 is 0 Å². The van der Waals surface area contributed by atoms with E-state index in [-0.39, 0.29) is 0 Å². The number of ether oxygens (including phenoxy) is 1. The Labute approximate surface area is 81.2 Å². The van der Waals surface area contributed by atoms with Gasteiger partial charge in [0, 0.05) is 13.2 Å². The predicted molar refractivity (Wildman–Crippen MR) is 54.7 cm³/mol. The van der Waals surface area contributed by atoms with E-state index in [4.69, 9.17) is 10.5 Å². The molecule has 0 saturated carbocycles. The standard InChI is InChI=1S/C10H22N2O/c1-2-13-9-10-4-7-12(8-10)6-3-5-11/h10H,2-9,11H2,1H3/t10-/m1/s1. The Morgan fingerprint density at radius 2 is 2.38 bits per heavy atom. The zero-order valence-electron chi connectivity index (χ0n) is 8.67. The summed E-state index contributed by atoms with van der Waals surface area (Å²) >= 11 is 0. The summed E-state index contributed by atoms with van der Waals surface area (Å²) in [4.78, 5) is 2.50. The molecule has 3 heteroatoms. The molecular formula is C10H22N2O. The van der Waals surface area contributed by atoms with Gasteiger partial charge in [0.2, 0.25) is 0 Å². The molecule has 0 unspecified atom stereocenters. The summed E-state index contributed by atoms with van der Waals surface area (Å²) in [6, 6.07) is 0. The van der Waals surface area contributed by atoms with E-state index in [1.807, 2.05) is 0 Å². The molecule has 1 aliphatic rings. The van der Waals surface area contributed by atoms with E-state index < -0.39 is 0 Å². The first-order valence-corrected chi connectivity index (χ1v) is 5.37. The van der Waals surface area contributed by atoms with Crippen LogP contribution in [0.15, 0.2) is 0 Å². The van der Waals surface area contributed by atoms with Crippen LogP contribution in [0.25, 0.3) is 0 Å². The third-order valence-electron chi connectivity index (χ3n) is 2.61. The van der Waals surface area contributed by atoms with Crippen LogP contribution in [0.1, 0.15) is 19.8 Å². The molecule has 1 atom stereocenters. The first-order valence-electron chi connectivity index (χ1n) is 5.37. The van der Waals surface area contributed by atoms with Crippen molar-refractivity contribution in [2.24, 2.45) is 11.7 Å². The monoisotopic (exact) mass is 186 g/mol. The summed E-state index contributed by atoms with van der Waals surface area (Å²) in [5.74, 6) is 0.762. The van der Waals surface area contributed by atoms with E-state index in [1.165, 1.54) is 26.1 Å². The Morgan fingerprint density at radius 3 is 3.08 bits per heavy atom. The number of likely N-dealkylation sites (tertiary alicyclic amines) is 1. The Hall–Kier alpha value is -0.120. The zero-order valence-corrected chi connectivity index (χ0v) is 8.67. The largest absolute Gasteiger partial charge is 0.381 e. The van der Waals surface area contributed by atoms with E-state index in [0.717, 1.165) is 32.1 Å². The lowest BCUT2D eigenvalue weighted by Crippen LogP contribution is -2.24. The molecule has 1 saturated heterocycles. The van der Waals surface area contributed by atoms with Crippen LogP contribution in [0.4, 0.5) is 0 Å². The van der Waals surface area contributed by atoms with Gasteiger partial charge in [-0.05, 0) is 45.3 Å². The van der Waals surface area contributed by atoms with Crippen LogP contribution in [0.2, 0.25) is 0 Å². The third kappa shape index (κ3) is 4.07. The van der Waals surface area contributed by atoms with Crippen LogP contribution in [0, 0.1) is 5.92 Å². The second kappa shape index (κ2) is 6.35. The lowest BCUT2D eigenvalue weighted by atomic mass is 10.1. The van der Waals surface area contributed by atoms with Crippen LogP contribution in [-0.4, -0.2) is 44.3 Å². The maximum Gasteiger partial charge on any atom is 0.0506 e. The summed E-state index contributed by atoms with van der Waals surface area (Å²) in [5, 5.41) is 0. The molecule has 0 aliphatic carbocycles. The Kier molecular flexibility index (Phi) is 5.35. The van der Waals surface area contributed by atoms with Crippen molar-refractivity contribution in [3.63, 3.8) is 0 Å². The van der Waals surface area contributed by atoms with Gasteiger partial charge in [-0.1, -0.05) is 0 Å². The van der Waals surface area contributed by atoms with Gasteiger partial charge in [-0.3, -0.25) is 0 Å². The highest BCUT2D eigenvalue weighted by Gasteiger charge is 2.21. The lowest BCUT2D eigenvalue weighted by molar-refractivity contribution is 0.112. The average Bonchev–Trinajstić information content (AvgIpc) is 2.59. The van der Waals surface area contributed by atoms with Gasteiger partial charge in [0.25, 0.3) is 0 Å². The van der Waals surface area contributed by atoms with E-state index in [9.17, 15) is 0 Å². The van der Waals surface area contributed by atoms with Gasteiger partial charge >= 0.3 is 0 Å². The summed E-state index contributed by atoms with van der Waals surface area (Å²) < 4.78 is 5.42. The minimum Gasteiger partial charge on any atom is -0.381 e. The molecule has 3 nitrogen and oxygen atoms in total. The van der Waals surface area contributed by atoms with Crippen LogP contribution in [0.5, 0.6) is 0 Å². The minimum atomic E-state index is 0.762. The van der Waals surface area contributed by atoms with Gasteiger partial charge in [-0.25, -0.2) is 0 Å². The molecule has 0 radical (unpaired) electrons. The Bertz CT molecular complexity index is 116. The normalized spacial score (nSPS) is 24.0. The molecule has 0 amide bonds. The first-order chi connectivity index (χ1) is 6.36. The van der Waals surface area contributed by atoms with Crippen molar-refractivity contribution < 1.29 is 4.74 Å². The number of nitrogens with two attached hydrogens (primary N) is 1. The number of nitrogens with zero attached hydrogens (tertiary/aromatic N) is 1. The highest BCUT2D eigenvalue weighted by Crippen LogP contribution is 2.16. The molecule has 0 aromatic rings. The van der Waals surface area contributed by atoms with Crippen molar-refractivity contribution >= 4 is 0 Å². The molecule has 2 N–H and O–H groups in total. The Balaban J connectivity index is 2.05. The number of rotatable bonds is 6. The van der Waals surface area contributed by atoms with E-state index >= 15 is 0 Å². The van der Waals surface area contributed by atoms with Gasteiger partial charge in [0.1, 0.15) is 0 Å². The topological polar surface area (TPSA) is 38.5 Å². The first kappa shape index (κ1) is 11.0. The van der Waals surface area contributed by atoms with Crippen LogP contribution < -0.4 is 5.73 Å². The molecular weight excluding hydrogens is 164 g/mol. The maximum atomic E-state index is 5.47. The SMILES string of the molecule is CCOC[C@@H]1CCN(CCCN)C1. The molecule has 0 aromatic carbocycles. The summed E-state index contributed by atoms with van der Waals surface area (Å²) in [6.45, 7) is 8.26. The average molecular weight is 186 g/mol. The van der Waals surface area contributed by atoms with Crippen molar-refractivity contribution in [2.75, 3.05) is 39.4 Å². The molecule has 13 heavy (non-hydrogen) atoms. The molecule has 0 spiro atoms. The molecule has 0 bridgehead atoms.